The molecule has 0 aromatic heterocycles. The van der Waals surface area contributed by atoms with Crippen LogP contribution in [0.2, 0.25) is 0 Å². The first-order valence-corrected chi connectivity index (χ1v) is 1.66. The SMILES string of the molecule is O=C=BSF.S. The molecule has 5 heteroatoms. The van der Waals surface area contributed by atoms with E-state index in [1.54, 1.807) is 0 Å². The van der Waals surface area contributed by atoms with Crippen molar-refractivity contribution in [1.29, 1.82) is 0 Å². The second-order valence-electron chi connectivity index (χ2n) is 0.325. The first kappa shape index (κ1) is 9.55. The fourth-order valence-corrected chi connectivity index (χ4v) is 0.0546. The zero-order chi connectivity index (χ0) is 4.12. The number of rotatable bonds is 1. The van der Waals surface area contributed by atoms with E-state index in [2.05, 4.69) is 0 Å². The van der Waals surface area contributed by atoms with Crippen molar-refractivity contribution in [3.8, 4) is 0 Å². The molecule has 0 bridgehead atoms. The normalized spacial score (nSPS) is 4.17. The quantitative estimate of drug-likeness (QED) is 0.470. The van der Waals surface area contributed by atoms with Gasteiger partial charge in [-0.2, -0.15) is 13.5 Å². The molecule has 0 atom stereocenters. The van der Waals surface area contributed by atoms with Crippen LogP contribution in [-0.4, -0.2) is 12.0 Å². The van der Waals surface area contributed by atoms with E-state index in [4.69, 9.17) is 4.79 Å². The summed E-state index contributed by atoms with van der Waals surface area (Å²) in [5.41, 5.74) is 0. The molecular formula is CH2BFOS2. The van der Waals surface area contributed by atoms with Gasteiger partial charge in [0, 0.05) is 0 Å². The zero-order valence-electron chi connectivity index (χ0n) is 2.77. The van der Waals surface area contributed by atoms with Gasteiger partial charge in [-0.1, -0.05) is 0 Å². The standard InChI is InChI=1S/CBFOS.H2S/c3-5-2-1-4;/h;1H2. The fraction of sp³-hybridized carbons (Fsp3) is 0. The molecule has 0 aliphatic carbocycles. The van der Waals surface area contributed by atoms with Crippen molar-refractivity contribution in [2.24, 2.45) is 0 Å². The predicted molar refractivity (Wildman–Crippen MR) is 30.5 cm³/mol. The van der Waals surface area contributed by atoms with Gasteiger partial charge < -0.3 is 0 Å². The molecule has 0 saturated carbocycles. The molecule has 0 heterocycles. The molecule has 0 aromatic carbocycles. The van der Waals surface area contributed by atoms with Crippen LogP contribution in [0.15, 0.2) is 0 Å². The van der Waals surface area contributed by atoms with Crippen molar-refractivity contribution in [1.82, 2.24) is 0 Å². The molecule has 0 aliphatic heterocycles. The molecule has 0 aliphatic rings. The summed E-state index contributed by atoms with van der Waals surface area (Å²) in [5, 5.41) is 0. The molecule has 0 saturated heterocycles. The van der Waals surface area contributed by atoms with E-state index < -0.39 is 0 Å². The van der Waals surface area contributed by atoms with Crippen LogP contribution >= 0.6 is 25.5 Å². The molecule has 6 heavy (non-hydrogen) atoms. The van der Waals surface area contributed by atoms with Crippen LogP contribution in [0.25, 0.3) is 0 Å². The zero-order valence-corrected chi connectivity index (χ0v) is 4.59. The average molecular weight is 124 g/mol. The van der Waals surface area contributed by atoms with Crippen molar-refractivity contribution in [2.45, 2.75) is 0 Å². The number of halogens is 1. The summed E-state index contributed by atoms with van der Waals surface area (Å²) < 4.78 is 10.6. The van der Waals surface area contributed by atoms with Gasteiger partial charge in [-0.15, -0.1) is 0 Å². The maximum Gasteiger partial charge on any atom is -0.197 e. The third-order valence-electron chi connectivity index (χ3n) is 0.0927. The molecule has 0 rings (SSSR count). The summed E-state index contributed by atoms with van der Waals surface area (Å²) in [6.07, 6.45) is 0.694. The first-order valence-electron chi connectivity index (χ1n) is 0.883. The minimum absolute atomic E-state index is 0. The van der Waals surface area contributed by atoms with E-state index >= 15 is 0 Å². The third kappa shape index (κ3) is 8.86. The van der Waals surface area contributed by atoms with E-state index in [1.165, 1.54) is 5.83 Å². The average Bonchev–Trinajstić information content (AvgIpc) is 1.41. The Morgan fingerprint density at radius 3 is 2.33 bits per heavy atom. The topological polar surface area (TPSA) is 17.1 Å². The monoisotopic (exact) mass is 124 g/mol. The Kier molecular flexibility index (Phi) is 14.3. The van der Waals surface area contributed by atoms with Crippen LogP contribution in [0, 0.1) is 0 Å². The van der Waals surface area contributed by atoms with Gasteiger partial charge in [0.2, 0.25) is 0 Å². The van der Waals surface area contributed by atoms with Crippen LogP contribution in [0.4, 0.5) is 3.89 Å². The van der Waals surface area contributed by atoms with Crippen LogP contribution in [0.3, 0.4) is 0 Å². The van der Waals surface area contributed by atoms with Gasteiger partial charge in [-0.05, 0) is 0 Å². The van der Waals surface area contributed by atoms with Gasteiger partial charge in [0.15, 0.2) is 0 Å². The van der Waals surface area contributed by atoms with Gasteiger partial charge in [-0.25, -0.2) is 0 Å². The smallest absolute Gasteiger partial charge is 0.197 e. The Morgan fingerprint density at radius 2 is 2.33 bits per heavy atom. The van der Waals surface area contributed by atoms with E-state index in [9.17, 15) is 3.89 Å². The Morgan fingerprint density at radius 1 is 1.83 bits per heavy atom. The maximum atomic E-state index is 10.6. The molecule has 0 spiro atoms. The predicted octanol–water partition coefficient (Wildman–Crippen LogP) is 0.403. The number of hydrogen-bond donors (Lipinski definition) is 0. The molecule has 0 radical (unpaired) electrons. The van der Waals surface area contributed by atoms with Gasteiger partial charge in [0.1, 0.15) is 0 Å². The van der Waals surface area contributed by atoms with E-state index in [0.29, 0.717) is 6.20 Å². The van der Waals surface area contributed by atoms with Crippen molar-refractivity contribution < 1.29 is 8.68 Å². The molecule has 0 unspecified atom stereocenters. The minimum Gasteiger partial charge on any atom is -0.197 e. The molecule has 34 valence electrons. The van der Waals surface area contributed by atoms with Crippen molar-refractivity contribution in [3.63, 3.8) is 0 Å². The molecule has 0 N–H and O–H groups in total. The largest absolute Gasteiger partial charge is 0.197 e. The van der Waals surface area contributed by atoms with Crippen LogP contribution in [-0.2, 0) is 4.79 Å². The van der Waals surface area contributed by atoms with Crippen molar-refractivity contribution in [3.05, 3.63) is 0 Å². The Balaban J connectivity index is 0. The minimum atomic E-state index is -0.147. The van der Waals surface area contributed by atoms with Crippen LogP contribution < -0.4 is 0 Å². The van der Waals surface area contributed by atoms with E-state index in [1.807, 2.05) is 0 Å². The number of hydrogen-bond acceptors (Lipinski definition) is 2. The number of carbonyl (C=O) groups excluding carboxylic acids is 1. The summed E-state index contributed by atoms with van der Waals surface area (Å²) in [6, 6.07) is 0. The van der Waals surface area contributed by atoms with Gasteiger partial charge >= 0.3 is 32.7 Å². The van der Waals surface area contributed by atoms with E-state index in [-0.39, 0.29) is 25.5 Å². The second kappa shape index (κ2) is 8.99. The maximum absolute atomic E-state index is 10.6. The fourth-order valence-electron chi connectivity index (χ4n) is 0.0182. The van der Waals surface area contributed by atoms with Crippen molar-refractivity contribution >= 4 is 37.5 Å². The van der Waals surface area contributed by atoms with Gasteiger partial charge in [0.25, 0.3) is 0 Å². The molecule has 0 fully saturated rings. The Bertz CT molecular complexity index is 60.6. The summed E-state index contributed by atoms with van der Waals surface area (Å²) >= 11 is -0.147. The Hall–Kier alpha value is 0.275. The third-order valence-corrected chi connectivity index (χ3v) is 0.278. The molecular weight excluding hydrogens is 122 g/mol. The van der Waals surface area contributed by atoms with Crippen molar-refractivity contribution in [2.75, 3.05) is 0 Å². The second-order valence-corrected chi connectivity index (χ2v) is 0.739. The molecule has 0 aromatic rings. The molecule has 1 nitrogen and oxygen atoms in total. The van der Waals surface area contributed by atoms with Gasteiger partial charge in [-0.3, -0.25) is 0 Å². The van der Waals surface area contributed by atoms with Crippen LogP contribution in [0.1, 0.15) is 0 Å². The van der Waals surface area contributed by atoms with Gasteiger partial charge in [0.05, 0.1) is 0 Å². The van der Waals surface area contributed by atoms with E-state index in [0.717, 1.165) is 0 Å². The molecule has 0 amide bonds. The Labute approximate surface area is 46.9 Å². The summed E-state index contributed by atoms with van der Waals surface area (Å²) in [5.74, 6) is 1.23. The summed E-state index contributed by atoms with van der Waals surface area (Å²) in [7, 11) is 0. The first-order chi connectivity index (χ1) is 2.41. The summed E-state index contributed by atoms with van der Waals surface area (Å²) in [4.78, 5) is 8.96. The summed E-state index contributed by atoms with van der Waals surface area (Å²) in [6.45, 7) is 0. The van der Waals surface area contributed by atoms with Crippen LogP contribution in [0.5, 0.6) is 0 Å².